The largest absolute Gasteiger partial charge is 0.465 e. The molecule has 2 amide bonds. The predicted octanol–water partition coefficient (Wildman–Crippen LogP) is 3.36. The summed E-state index contributed by atoms with van der Waals surface area (Å²) in [5.41, 5.74) is 0.249. The van der Waals surface area contributed by atoms with Crippen LogP contribution in [0.15, 0.2) is 54.6 Å². The molecule has 0 bridgehead atoms. The molecule has 0 spiro atoms. The van der Waals surface area contributed by atoms with Gasteiger partial charge < -0.3 is 20.2 Å². The highest BCUT2D eigenvalue weighted by atomic mass is 19.4. The van der Waals surface area contributed by atoms with Gasteiger partial charge in [0.25, 0.3) is 0 Å². The van der Waals surface area contributed by atoms with Gasteiger partial charge in [-0.2, -0.15) is 13.2 Å². The van der Waals surface area contributed by atoms with E-state index < -0.39 is 23.9 Å². The molecular formula is C20H20F3N3O3. The molecule has 6 nitrogen and oxygen atoms in total. The van der Waals surface area contributed by atoms with Gasteiger partial charge in [-0.05, 0) is 23.8 Å². The number of alkyl halides is 3. The standard InChI is InChI=1S/C20H20F3N3O3/c21-20(22,23)15-7-4-8-16(13-15)25-9-11-26(12-10-25)18(27)17(24-19(28)29)14-5-2-1-3-6-14/h1-8,13,17,24H,9-12H2,(H,28,29)/t17-/m1/s1. The van der Waals surface area contributed by atoms with E-state index >= 15 is 0 Å². The molecule has 0 radical (unpaired) electrons. The van der Waals surface area contributed by atoms with Gasteiger partial charge in [0.1, 0.15) is 6.04 Å². The fourth-order valence-corrected chi connectivity index (χ4v) is 3.30. The minimum atomic E-state index is -4.42. The number of hydrogen-bond acceptors (Lipinski definition) is 3. The van der Waals surface area contributed by atoms with Crippen LogP contribution in [0, 0.1) is 0 Å². The number of amides is 2. The Labute approximate surface area is 165 Å². The van der Waals surface area contributed by atoms with Crippen molar-refractivity contribution in [2.24, 2.45) is 0 Å². The summed E-state index contributed by atoms with van der Waals surface area (Å²) in [5.74, 6) is -0.387. The molecule has 0 saturated carbocycles. The van der Waals surface area contributed by atoms with Crippen LogP contribution in [-0.2, 0) is 11.0 Å². The summed E-state index contributed by atoms with van der Waals surface area (Å²) < 4.78 is 38.8. The Morgan fingerprint density at radius 1 is 0.966 bits per heavy atom. The van der Waals surface area contributed by atoms with E-state index in [0.29, 0.717) is 24.3 Å². The Balaban J connectivity index is 1.69. The molecular weight excluding hydrogens is 387 g/mol. The number of halogens is 3. The average molecular weight is 407 g/mol. The number of hydrogen-bond donors (Lipinski definition) is 2. The smallest absolute Gasteiger partial charge is 0.416 e. The van der Waals surface area contributed by atoms with Crippen molar-refractivity contribution in [2.45, 2.75) is 12.2 Å². The molecule has 0 aliphatic carbocycles. The number of anilines is 1. The molecule has 154 valence electrons. The van der Waals surface area contributed by atoms with Crippen LogP contribution < -0.4 is 10.2 Å². The van der Waals surface area contributed by atoms with Gasteiger partial charge in [-0.15, -0.1) is 0 Å². The van der Waals surface area contributed by atoms with E-state index in [1.165, 1.54) is 11.0 Å². The van der Waals surface area contributed by atoms with Crippen LogP contribution in [0.4, 0.5) is 23.7 Å². The van der Waals surface area contributed by atoms with Gasteiger partial charge in [0, 0.05) is 31.9 Å². The second-order valence-corrected chi connectivity index (χ2v) is 6.65. The van der Waals surface area contributed by atoms with Crippen molar-refractivity contribution in [1.29, 1.82) is 0 Å². The molecule has 1 heterocycles. The van der Waals surface area contributed by atoms with Gasteiger partial charge in [-0.1, -0.05) is 36.4 Å². The summed E-state index contributed by atoms with van der Waals surface area (Å²) in [7, 11) is 0. The number of nitrogens with zero attached hydrogens (tertiary/aromatic N) is 2. The van der Waals surface area contributed by atoms with Crippen LogP contribution in [0.25, 0.3) is 0 Å². The molecule has 0 unspecified atom stereocenters. The fourth-order valence-electron chi connectivity index (χ4n) is 3.30. The zero-order valence-corrected chi connectivity index (χ0v) is 15.4. The molecule has 2 aromatic carbocycles. The van der Waals surface area contributed by atoms with Crippen LogP contribution in [0.1, 0.15) is 17.2 Å². The van der Waals surface area contributed by atoms with Crippen molar-refractivity contribution >= 4 is 17.7 Å². The molecule has 29 heavy (non-hydrogen) atoms. The lowest BCUT2D eigenvalue weighted by molar-refractivity contribution is -0.137. The monoisotopic (exact) mass is 407 g/mol. The summed E-state index contributed by atoms with van der Waals surface area (Å²) >= 11 is 0. The third-order valence-corrected chi connectivity index (χ3v) is 4.78. The molecule has 0 aromatic heterocycles. The van der Waals surface area contributed by atoms with Gasteiger partial charge in [0.15, 0.2) is 0 Å². The summed E-state index contributed by atoms with van der Waals surface area (Å²) in [6, 6.07) is 12.6. The van der Waals surface area contributed by atoms with Crippen LogP contribution in [-0.4, -0.2) is 48.2 Å². The maximum atomic E-state index is 12.9. The first kappa shape index (κ1) is 20.5. The third kappa shape index (κ3) is 4.98. The van der Waals surface area contributed by atoms with Crippen molar-refractivity contribution in [3.8, 4) is 0 Å². The molecule has 3 rings (SSSR count). The zero-order valence-electron chi connectivity index (χ0n) is 15.4. The number of rotatable bonds is 4. The molecule has 2 aromatic rings. The normalized spacial score (nSPS) is 15.7. The van der Waals surface area contributed by atoms with E-state index in [0.717, 1.165) is 12.1 Å². The molecule has 1 aliphatic rings. The van der Waals surface area contributed by atoms with Crippen LogP contribution >= 0.6 is 0 Å². The van der Waals surface area contributed by atoms with E-state index in [4.69, 9.17) is 5.11 Å². The van der Waals surface area contributed by atoms with Crippen LogP contribution in [0.5, 0.6) is 0 Å². The molecule has 9 heteroatoms. The predicted molar refractivity (Wildman–Crippen MR) is 101 cm³/mol. The van der Waals surface area contributed by atoms with Gasteiger partial charge in [0.05, 0.1) is 5.56 Å². The van der Waals surface area contributed by atoms with E-state index in [1.807, 2.05) is 0 Å². The summed E-state index contributed by atoms with van der Waals surface area (Å²) in [6.45, 7) is 1.25. The summed E-state index contributed by atoms with van der Waals surface area (Å²) in [6.07, 6.45) is -5.73. The Kier molecular flexibility index (Phi) is 5.95. The minimum Gasteiger partial charge on any atom is -0.465 e. The quantitative estimate of drug-likeness (QED) is 0.815. The first-order valence-corrected chi connectivity index (χ1v) is 9.01. The highest BCUT2D eigenvalue weighted by molar-refractivity contribution is 5.86. The van der Waals surface area contributed by atoms with Crippen LogP contribution in [0.3, 0.4) is 0 Å². The lowest BCUT2D eigenvalue weighted by Gasteiger charge is -2.37. The van der Waals surface area contributed by atoms with Gasteiger partial charge in [-0.3, -0.25) is 4.79 Å². The second-order valence-electron chi connectivity index (χ2n) is 6.65. The topological polar surface area (TPSA) is 72.9 Å². The van der Waals surface area contributed by atoms with E-state index in [1.54, 1.807) is 41.3 Å². The van der Waals surface area contributed by atoms with Crippen molar-refractivity contribution < 1.29 is 27.9 Å². The second kappa shape index (κ2) is 8.42. The van der Waals surface area contributed by atoms with Crippen molar-refractivity contribution in [2.75, 3.05) is 31.1 Å². The highest BCUT2D eigenvalue weighted by Crippen LogP contribution is 2.32. The summed E-state index contributed by atoms with van der Waals surface area (Å²) in [4.78, 5) is 27.3. The molecule has 2 N–H and O–H groups in total. The zero-order chi connectivity index (χ0) is 21.0. The Morgan fingerprint density at radius 3 is 2.21 bits per heavy atom. The van der Waals surface area contributed by atoms with Crippen molar-refractivity contribution in [3.05, 3.63) is 65.7 Å². The number of piperazine rings is 1. The fraction of sp³-hybridized carbons (Fsp3) is 0.300. The number of carbonyl (C=O) groups is 2. The van der Waals surface area contributed by atoms with Gasteiger partial charge in [0.2, 0.25) is 5.91 Å². The average Bonchev–Trinajstić information content (AvgIpc) is 2.72. The number of benzene rings is 2. The maximum absolute atomic E-state index is 12.9. The Bertz CT molecular complexity index is 866. The Morgan fingerprint density at radius 2 is 1.62 bits per heavy atom. The number of nitrogens with one attached hydrogen (secondary N) is 1. The minimum absolute atomic E-state index is 0.277. The number of carboxylic acid groups (broad SMARTS) is 1. The van der Waals surface area contributed by atoms with Crippen molar-refractivity contribution in [1.82, 2.24) is 10.2 Å². The molecule has 1 fully saturated rings. The van der Waals surface area contributed by atoms with E-state index in [-0.39, 0.29) is 19.0 Å². The van der Waals surface area contributed by atoms with E-state index in [9.17, 15) is 22.8 Å². The Hall–Kier alpha value is -3.23. The maximum Gasteiger partial charge on any atom is 0.416 e. The molecule has 1 atom stereocenters. The molecule has 1 aliphatic heterocycles. The lowest BCUT2D eigenvalue weighted by Crippen LogP contribution is -2.52. The highest BCUT2D eigenvalue weighted by Gasteiger charge is 2.32. The van der Waals surface area contributed by atoms with Gasteiger partial charge in [-0.25, -0.2) is 4.79 Å². The van der Waals surface area contributed by atoms with Gasteiger partial charge >= 0.3 is 12.3 Å². The third-order valence-electron chi connectivity index (χ3n) is 4.78. The van der Waals surface area contributed by atoms with Crippen molar-refractivity contribution in [3.63, 3.8) is 0 Å². The number of carbonyl (C=O) groups excluding carboxylic acids is 1. The summed E-state index contributed by atoms with van der Waals surface area (Å²) in [5, 5.41) is 11.3. The molecule has 1 saturated heterocycles. The SMILES string of the molecule is O=C(O)N[C@@H](C(=O)N1CCN(c2cccc(C(F)(F)F)c2)CC1)c1ccccc1. The first-order valence-electron chi connectivity index (χ1n) is 9.01. The lowest BCUT2D eigenvalue weighted by atomic mass is 10.1. The first-order chi connectivity index (χ1) is 13.8. The van der Waals surface area contributed by atoms with E-state index in [2.05, 4.69) is 5.32 Å². The van der Waals surface area contributed by atoms with Crippen LogP contribution in [0.2, 0.25) is 0 Å².